The first-order valence-corrected chi connectivity index (χ1v) is 11.3. The summed E-state index contributed by atoms with van der Waals surface area (Å²) in [6.45, 7) is 14.2. The Morgan fingerprint density at radius 2 is 0.917 bits per heavy atom. The minimum Gasteiger partial charge on any atom is -0.0818 e. The van der Waals surface area contributed by atoms with Crippen molar-refractivity contribution in [1.29, 1.82) is 0 Å². The summed E-state index contributed by atoms with van der Waals surface area (Å²) >= 11 is 0. The molecule has 0 radical (unpaired) electrons. The predicted octanol–water partition coefficient (Wildman–Crippen LogP) is 9.10. The lowest BCUT2D eigenvalue weighted by Gasteiger charge is -2.35. The van der Waals surface area contributed by atoms with E-state index in [1.54, 1.807) is 0 Å². The highest BCUT2D eigenvalue weighted by Gasteiger charge is 2.28. The van der Waals surface area contributed by atoms with E-state index in [0.29, 0.717) is 10.8 Å². The van der Waals surface area contributed by atoms with Crippen LogP contribution in [0.1, 0.15) is 131 Å². The van der Waals surface area contributed by atoms with Crippen LogP contribution in [0.4, 0.5) is 0 Å². The third kappa shape index (κ3) is 8.72. The zero-order chi connectivity index (χ0) is 18.3. The molecule has 0 aromatic rings. The molecule has 0 bridgehead atoms. The monoisotopic (exact) mass is 336 g/mol. The van der Waals surface area contributed by atoms with Gasteiger partial charge < -0.3 is 0 Å². The molecule has 0 aromatic carbocycles. The van der Waals surface area contributed by atoms with E-state index in [0.717, 1.165) is 0 Å². The van der Waals surface area contributed by atoms with E-state index < -0.39 is 0 Å². The van der Waals surface area contributed by atoms with Crippen LogP contribution in [0.15, 0.2) is 12.2 Å². The molecule has 0 aliphatic rings. The van der Waals surface area contributed by atoms with Crippen LogP contribution in [0.25, 0.3) is 0 Å². The molecule has 0 heteroatoms. The zero-order valence-corrected chi connectivity index (χ0v) is 18.1. The molecule has 0 heterocycles. The van der Waals surface area contributed by atoms with Gasteiger partial charge in [0.1, 0.15) is 0 Å². The lowest BCUT2D eigenvalue weighted by Crippen LogP contribution is -2.22. The molecule has 1 unspecified atom stereocenters. The molecule has 0 aliphatic carbocycles. The molecule has 0 aromatic heterocycles. The SMILES string of the molecule is CCCCCC(/C=C/C(CC)(CC)CCCC)(CCC)CCCC. The van der Waals surface area contributed by atoms with Crippen molar-refractivity contribution in [2.45, 2.75) is 131 Å². The molecule has 0 amide bonds. The molecule has 24 heavy (non-hydrogen) atoms. The zero-order valence-electron chi connectivity index (χ0n) is 18.1. The van der Waals surface area contributed by atoms with Crippen molar-refractivity contribution < 1.29 is 0 Å². The van der Waals surface area contributed by atoms with Crippen LogP contribution in [0.2, 0.25) is 0 Å². The van der Waals surface area contributed by atoms with E-state index in [1.807, 2.05) is 0 Å². The Hall–Kier alpha value is -0.260. The van der Waals surface area contributed by atoms with Crippen molar-refractivity contribution in [2.24, 2.45) is 10.8 Å². The minimum absolute atomic E-state index is 0.450. The van der Waals surface area contributed by atoms with Crippen LogP contribution in [0.3, 0.4) is 0 Å². The van der Waals surface area contributed by atoms with Gasteiger partial charge in [-0.15, -0.1) is 0 Å². The van der Waals surface area contributed by atoms with Gasteiger partial charge in [0.25, 0.3) is 0 Å². The number of hydrogen-bond donors (Lipinski definition) is 0. The summed E-state index contributed by atoms with van der Waals surface area (Å²) in [7, 11) is 0. The summed E-state index contributed by atoms with van der Waals surface area (Å²) in [5.41, 5.74) is 0.924. The van der Waals surface area contributed by atoms with Gasteiger partial charge in [-0.1, -0.05) is 105 Å². The lowest BCUT2D eigenvalue weighted by atomic mass is 9.71. The molecule has 0 saturated carbocycles. The van der Waals surface area contributed by atoms with Crippen molar-refractivity contribution in [1.82, 2.24) is 0 Å². The second-order valence-corrected chi connectivity index (χ2v) is 8.18. The normalized spacial score (nSPS) is 15.1. The quantitative estimate of drug-likeness (QED) is 0.195. The molecule has 0 fully saturated rings. The maximum atomic E-state index is 2.71. The van der Waals surface area contributed by atoms with Crippen molar-refractivity contribution >= 4 is 0 Å². The molecule has 0 N–H and O–H groups in total. The highest BCUT2D eigenvalue weighted by atomic mass is 14.3. The molecule has 0 spiro atoms. The summed E-state index contributed by atoms with van der Waals surface area (Å²) in [5.74, 6) is 0. The second kappa shape index (κ2) is 14.0. The van der Waals surface area contributed by atoms with E-state index in [4.69, 9.17) is 0 Å². The fourth-order valence-corrected chi connectivity index (χ4v) is 4.18. The second-order valence-electron chi connectivity index (χ2n) is 8.18. The Kier molecular flexibility index (Phi) is 13.8. The van der Waals surface area contributed by atoms with E-state index in [1.165, 1.54) is 89.9 Å². The van der Waals surface area contributed by atoms with Gasteiger partial charge in [0.15, 0.2) is 0 Å². The average Bonchev–Trinajstić information content (AvgIpc) is 2.61. The summed E-state index contributed by atoms with van der Waals surface area (Å²) in [4.78, 5) is 0. The third-order valence-corrected chi connectivity index (χ3v) is 6.28. The van der Waals surface area contributed by atoms with Crippen molar-refractivity contribution in [2.75, 3.05) is 0 Å². The van der Waals surface area contributed by atoms with Gasteiger partial charge in [0, 0.05) is 0 Å². The third-order valence-electron chi connectivity index (χ3n) is 6.28. The first kappa shape index (κ1) is 23.7. The van der Waals surface area contributed by atoms with Gasteiger partial charge in [-0.3, -0.25) is 0 Å². The Labute approximate surface area is 154 Å². The molecule has 1 atom stereocenters. The Morgan fingerprint density at radius 1 is 0.458 bits per heavy atom. The van der Waals surface area contributed by atoms with Crippen molar-refractivity contribution in [3.8, 4) is 0 Å². The molecule has 0 aliphatic heterocycles. The minimum atomic E-state index is 0.450. The van der Waals surface area contributed by atoms with E-state index >= 15 is 0 Å². The van der Waals surface area contributed by atoms with E-state index in [9.17, 15) is 0 Å². The van der Waals surface area contributed by atoms with Gasteiger partial charge in [-0.2, -0.15) is 0 Å². The summed E-state index contributed by atoms with van der Waals surface area (Å²) < 4.78 is 0. The maximum Gasteiger partial charge on any atom is -0.0118 e. The number of unbranched alkanes of at least 4 members (excludes halogenated alkanes) is 4. The summed E-state index contributed by atoms with van der Waals surface area (Å²) in [6.07, 6.45) is 24.4. The van der Waals surface area contributed by atoms with Crippen molar-refractivity contribution in [3.63, 3.8) is 0 Å². The first-order valence-electron chi connectivity index (χ1n) is 11.3. The Morgan fingerprint density at radius 3 is 1.38 bits per heavy atom. The highest BCUT2D eigenvalue weighted by molar-refractivity contribution is 5.07. The molecule has 0 rings (SSSR count). The Bertz CT molecular complexity index is 297. The molecular formula is C24H48. The lowest BCUT2D eigenvalue weighted by molar-refractivity contribution is 0.262. The van der Waals surface area contributed by atoms with Gasteiger partial charge >= 0.3 is 0 Å². The molecular weight excluding hydrogens is 288 g/mol. The van der Waals surface area contributed by atoms with Crippen LogP contribution in [-0.2, 0) is 0 Å². The van der Waals surface area contributed by atoms with Gasteiger partial charge in [-0.25, -0.2) is 0 Å². The summed E-state index contributed by atoms with van der Waals surface area (Å²) in [5, 5.41) is 0. The van der Waals surface area contributed by atoms with E-state index in [2.05, 4.69) is 53.7 Å². The van der Waals surface area contributed by atoms with E-state index in [-0.39, 0.29) is 0 Å². The summed E-state index contributed by atoms with van der Waals surface area (Å²) in [6, 6.07) is 0. The molecule has 0 nitrogen and oxygen atoms in total. The van der Waals surface area contributed by atoms with Crippen LogP contribution in [-0.4, -0.2) is 0 Å². The largest absolute Gasteiger partial charge is 0.0818 e. The van der Waals surface area contributed by atoms with Crippen molar-refractivity contribution in [3.05, 3.63) is 12.2 Å². The predicted molar refractivity (Wildman–Crippen MR) is 113 cm³/mol. The fraction of sp³-hybridized carbons (Fsp3) is 0.917. The first-order chi connectivity index (χ1) is 11.6. The van der Waals surface area contributed by atoms with Crippen LogP contribution in [0.5, 0.6) is 0 Å². The van der Waals surface area contributed by atoms with Gasteiger partial charge in [0.05, 0.1) is 0 Å². The number of rotatable bonds is 16. The number of hydrogen-bond acceptors (Lipinski definition) is 0. The average molecular weight is 337 g/mol. The van der Waals surface area contributed by atoms with Gasteiger partial charge in [0.2, 0.25) is 0 Å². The maximum absolute atomic E-state index is 2.71. The molecule has 144 valence electrons. The van der Waals surface area contributed by atoms with Crippen LogP contribution < -0.4 is 0 Å². The highest BCUT2D eigenvalue weighted by Crippen LogP contribution is 2.41. The topological polar surface area (TPSA) is 0 Å². The van der Waals surface area contributed by atoms with Crippen LogP contribution in [0, 0.1) is 10.8 Å². The molecule has 0 saturated heterocycles. The van der Waals surface area contributed by atoms with Crippen LogP contribution >= 0.6 is 0 Å². The number of allylic oxidation sites excluding steroid dienone is 2. The Balaban J connectivity index is 5.32. The smallest absolute Gasteiger partial charge is 0.0118 e. The van der Waals surface area contributed by atoms with Gasteiger partial charge in [-0.05, 0) is 49.4 Å². The fourth-order valence-electron chi connectivity index (χ4n) is 4.18. The standard InChI is InChI=1S/C24H48/c1-7-13-16-20-24(17-10-4,19-15-9-3)22-21-23(11-5,12-6)18-14-8-2/h21-22H,7-20H2,1-6H3/b22-21+.